The van der Waals surface area contributed by atoms with E-state index < -0.39 is 23.4 Å². The molecule has 0 saturated heterocycles. The van der Waals surface area contributed by atoms with Crippen molar-refractivity contribution in [2.75, 3.05) is 19.6 Å². The van der Waals surface area contributed by atoms with Crippen molar-refractivity contribution in [3.63, 3.8) is 0 Å². The smallest absolute Gasteiger partial charge is 0.357 e. The lowest BCUT2D eigenvalue weighted by molar-refractivity contribution is -0.290. The van der Waals surface area contributed by atoms with E-state index in [1.807, 2.05) is 0 Å². The van der Waals surface area contributed by atoms with Crippen LogP contribution in [0.15, 0.2) is 47.3 Å². The Kier molecular flexibility index (Phi) is 5.76. The number of carbonyl (C=O) groups is 2. The van der Waals surface area contributed by atoms with Gasteiger partial charge in [0.2, 0.25) is 0 Å². The Morgan fingerprint density at radius 3 is 2.40 bits per heavy atom. The summed E-state index contributed by atoms with van der Waals surface area (Å²) in [7, 11) is 2.22. The fourth-order valence-electron chi connectivity index (χ4n) is 1.17. The summed E-state index contributed by atoms with van der Waals surface area (Å²) in [6.45, 7) is 0. The highest BCUT2D eigenvalue weighted by Gasteiger charge is 2.12. The summed E-state index contributed by atoms with van der Waals surface area (Å²) in [5.74, 6) is -2.75. The van der Waals surface area contributed by atoms with Gasteiger partial charge in [-0.1, -0.05) is 24.0 Å². The summed E-state index contributed by atoms with van der Waals surface area (Å²) in [4.78, 5) is 22.4. The van der Waals surface area contributed by atoms with E-state index in [1.165, 1.54) is 0 Å². The van der Waals surface area contributed by atoms with E-state index in [-0.39, 0.29) is 0 Å². The van der Waals surface area contributed by atoms with Gasteiger partial charge in [0, 0.05) is 6.08 Å². The van der Waals surface area contributed by atoms with Gasteiger partial charge in [-0.05, 0) is 12.1 Å². The fourth-order valence-corrected chi connectivity index (χ4v) is 1.17. The highest BCUT2D eigenvalue weighted by molar-refractivity contribution is 6.42. The summed E-state index contributed by atoms with van der Waals surface area (Å²) < 4.78 is 8.74. The maximum Gasteiger partial charge on any atom is 0.357 e. The molecule has 1 aromatic carbocycles. The number of methoxy groups -OCH3 is 2. The molecular weight excluding hydrogens is 264 g/mol. The van der Waals surface area contributed by atoms with Gasteiger partial charge >= 0.3 is 11.9 Å². The molecule has 1 N–H and O–H groups in total. The maximum atomic E-state index is 11.7. The van der Waals surface area contributed by atoms with E-state index in [0.29, 0.717) is 11.8 Å². The first-order valence-electron chi connectivity index (χ1n) is 5.52. The number of nitrogens with one attached hydrogen (secondary N) is 1. The van der Waals surface area contributed by atoms with E-state index >= 15 is 0 Å². The second-order valence-electron chi connectivity index (χ2n) is 3.46. The van der Waals surface area contributed by atoms with Gasteiger partial charge in [-0.3, -0.25) is 5.43 Å². The molecule has 1 aromatic rings. The molecule has 7 nitrogen and oxygen atoms in total. The summed E-state index contributed by atoms with van der Waals surface area (Å²) in [6, 6.07) is 8.67. The quantitative estimate of drug-likeness (QED) is 0.268. The number of para-hydroxylation sites is 1. The van der Waals surface area contributed by atoms with Crippen molar-refractivity contribution in [2.45, 2.75) is 0 Å². The molecule has 106 valence electrons. The molecule has 20 heavy (non-hydrogen) atoms. The number of ether oxygens (including phenoxy) is 2. The summed E-state index contributed by atoms with van der Waals surface area (Å²) in [5.41, 5.74) is 2.54. The molecule has 1 rings (SSSR count). The average Bonchev–Trinajstić information content (AvgIpc) is 2.47. The first-order chi connectivity index (χ1) is 9.58. The van der Waals surface area contributed by atoms with Crippen LogP contribution in [0, 0.1) is 0 Å². The summed E-state index contributed by atoms with van der Waals surface area (Å²) in [6.07, 6.45) is 0.614. The average molecular weight is 277 g/mol. The van der Waals surface area contributed by atoms with Gasteiger partial charge < -0.3 is 14.6 Å². The fraction of sp³-hybridized carbons (Fsp3) is 0.154. The van der Waals surface area contributed by atoms with Crippen LogP contribution in [0.4, 0.5) is 5.69 Å². The molecule has 0 aliphatic rings. The maximum absolute atomic E-state index is 11.7. The third kappa shape index (κ3) is 4.45. The minimum absolute atomic E-state index is 0.554. The molecule has 0 fully saturated rings. The number of hydrogen-bond acceptors (Lipinski definition) is 7. The van der Waals surface area contributed by atoms with Crippen molar-refractivity contribution in [1.82, 2.24) is 0 Å². The predicted octanol–water partition coefficient (Wildman–Crippen LogP) is 0.0447. The van der Waals surface area contributed by atoms with Crippen LogP contribution < -0.4 is 10.5 Å². The zero-order valence-electron chi connectivity index (χ0n) is 11.0. The van der Waals surface area contributed by atoms with Gasteiger partial charge in [0.25, 0.3) is 0 Å². The van der Waals surface area contributed by atoms with Gasteiger partial charge in [0.15, 0.2) is 5.71 Å². The molecule has 0 amide bonds. The number of carbonyl (C=O) groups excluding carboxylic acids is 2. The van der Waals surface area contributed by atoms with Crippen LogP contribution in [-0.2, 0) is 19.1 Å². The van der Waals surface area contributed by atoms with Crippen LogP contribution in [0.25, 0.3) is 0 Å². The van der Waals surface area contributed by atoms with Crippen molar-refractivity contribution in [3.8, 4) is 0 Å². The van der Waals surface area contributed by atoms with Crippen LogP contribution in [0.5, 0.6) is 0 Å². The monoisotopic (exact) mass is 277 g/mol. The van der Waals surface area contributed by atoms with Gasteiger partial charge in [-0.25, -0.2) is 9.59 Å². The molecule has 0 saturated carbocycles. The number of nitrogens with zero attached hydrogens (tertiary/aromatic N) is 1. The summed E-state index contributed by atoms with van der Waals surface area (Å²) in [5, 5.41) is 15.4. The van der Waals surface area contributed by atoms with Crippen molar-refractivity contribution >= 4 is 23.3 Å². The van der Waals surface area contributed by atoms with Crippen molar-refractivity contribution in [1.29, 1.82) is 0 Å². The molecule has 0 radical (unpaired) electrons. The molecule has 0 atom stereocenters. The first kappa shape index (κ1) is 15.2. The molecule has 0 aromatic heterocycles. The zero-order valence-corrected chi connectivity index (χ0v) is 11.0. The number of esters is 2. The Labute approximate surface area is 115 Å². The SMILES string of the molecule is COC(=O)C=C([O-])/C(=N\Nc1ccccc1)C(=O)OC. The van der Waals surface area contributed by atoms with Gasteiger partial charge in [-0.15, -0.1) is 0 Å². The highest BCUT2D eigenvalue weighted by Crippen LogP contribution is 2.05. The predicted molar refractivity (Wildman–Crippen MR) is 69.6 cm³/mol. The Bertz CT molecular complexity index is 537. The molecule has 0 aliphatic carbocycles. The third-order valence-corrected chi connectivity index (χ3v) is 2.13. The molecular formula is C13H13N2O5-. The number of anilines is 1. The van der Waals surface area contributed by atoms with Crippen LogP contribution in [0.2, 0.25) is 0 Å². The lowest BCUT2D eigenvalue weighted by atomic mass is 10.3. The second kappa shape index (κ2) is 7.57. The van der Waals surface area contributed by atoms with Gasteiger partial charge in [-0.2, -0.15) is 5.10 Å². The van der Waals surface area contributed by atoms with Gasteiger partial charge in [0.05, 0.1) is 19.9 Å². The van der Waals surface area contributed by atoms with Crippen LogP contribution >= 0.6 is 0 Å². The van der Waals surface area contributed by atoms with Crippen molar-refractivity contribution in [3.05, 3.63) is 42.2 Å². The van der Waals surface area contributed by atoms with E-state index in [9.17, 15) is 14.7 Å². The highest BCUT2D eigenvalue weighted by atomic mass is 16.5. The number of rotatable bonds is 5. The summed E-state index contributed by atoms with van der Waals surface area (Å²) >= 11 is 0. The van der Waals surface area contributed by atoms with Crippen LogP contribution in [0.1, 0.15) is 0 Å². The number of hydrazone groups is 1. The molecule has 0 bridgehead atoms. The standard InChI is InChI=1S/C13H14N2O5/c1-19-11(17)8-10(16)12(13(18)20-2)15-14-9-6-4-3-5-7-9/h3-8,14,16H,1-2H3/p-1/b10-8?,15-12+. The largest absolute Gasteiger partial charge is 0.871 e. The van der Waals surface area contributed by atoms with E-state index in [1.54, 1.807) is 30.3 Å². The van der Waals surface area contributed by atoms with Crippen molar-refractivity contribution < 1.29 is 24.2 Å². The zero-order chi connectivity index (χ0) is 15.0. The second-order valence-corrected chi connectivity index (χ2v) is 3.46. The first-order valence-corrected chi connectivity index (χ1v) is 5.52. The molecule has 0 unspecified atom stereocenters. The number of hydrogen-bond donors (Lipinski definition) is 1. The Balaban J connectivity index is 2.98. The molecule has 7 heteroatoms. The van der Waals surface area contributed by atoms with E-state index in [4.69, 9.17) is 0 Å². The molecule has 0 aliphatic heterocycles. The number of benzene rings is 1. The molecule has 0 spiro atoms. The van der Waals surface area contributed by atoms with E-state index in [0.717, 1.165) is 14.2 Å². The lowest BCUT2D eigenvalue weighted by Gasteiger charge is -2.13. The Hall–Kier alpha value is -2.83. The van der Waals surface area contributed by atoms with Gasteiger partial charge in [0.1, 0.15) is 0 Å². The minimum Gasteiger partial charge on any atom is -0.871 e. The third-order valence-electron chi connectivity index (χ3n) is 2.13. The van der Waals surface area contributed by atoms with Crippen LogP contribution in [0.3, 0.4) is 0 Å². The van der Waals surface area contributed by atoms with Crippen molar-refractivity contribution in [2.24, 2.45) is 5.10 Å². The minimum atomic E-state index is -0.960. The van der Waals surface area contributed by atoms with Crippen LogP contribution in [-0.4, -0.2) is 31.9 Å². The molecule has 0 heterocycles. The Morgan fingerprint density at radius 2 is 1.85 bits per heavy atom. The Morgan fingerprint density at radius 1 is 1.20 bits per heavy atom. The van der Waals surface area contributed by atoms with E-state index in [2.05, 4.69) is 20.0 Å². The lowest BCUT2D eigenvalue weighted by Crippen LogP contribution is -2.27. The topological polar surface area (TPSA) is 100 Å². The normalized spacial score (nSPS) is 11.7.